The van der Waals surface area contributed by atoms with Gasteiger partial charge in [0.15, 0.2) is 0 Å². The molecule has 1 aromatic carbocycles. The number of benzene rings is 1. The van der Waals surface area contributed by atoms with Crippen LogP contribution in [-0.4, -0.2) is 52.4 Å². The van der Waals surface area contributed by atoms with Crippen LogP contribution in [0.1, 0.15) is 32.8 Å². The molecule has 1 aliphatic heterocycles. The first-order valence-electron chi connectivity index (χ1n) is 9.52. The normalized spacial score (nSPS) is 17.2. The Morgan fingerprint density at radius 1 is 1.21 bits per heavy atom. The van der Waals surface area contributed by atoms with Crippen LogP contribution in [0.5, 0.6) is 0 Å². The highest BCUT2D eigenvalue weighted by Gasteiger charge is 2.31. The highest BCUT2D eigenvalue weighted by Crippen LogP contribution is 2.23. The minimum atomic E-state index is -1.07. The summed E-state index contributed by atoms with van der Waals surface area (Å²) in [6.45, 7) is 4.98. The topological polar surface area (TPSA) is 92.8 Å². The van der Waals surface area contributed by atoms with E-state index in [0.29, 0.717) is 6.42 Å². The van der Waals surface area contributed by atoms with Gasteiger partial charge in [-0.1, -0.05) is 37.3 Å². The number of ether oxygens (including phenoxy) is 1. The number of hydrogen-bond donors (Lipinski definition) is 1. The molecular formula is C21H26N2O5S. The molecule has 2 amide bonds. The van der Waals surface area contributed by atoms with E-state index < -0.39 is 29.8 Å². The number of carbonyl (C=O) groups excluding carboxylic acids is 4. The first-order valence-corrected chi connectivity index (χ1v) is 10.5. The molecule has 7 nitrogen and oxygen atoms in total. The summed E-state index contributed by atoms with van der Waals surface area (Å²) in [6.07, 6.45) is 1.91. The Hall–Kier alpha value is -2.61. The van der Waals surface area contributed by atoms with Crippen LogP contribution >= 0.6 is 11.8 Å². The van der Waals surface area contributed by atoms with Crippen molar-refractivity contribution in [2.75, 3.05) is 6.54 Å². The van der Waals surface area contributed by atoms with E-state index in [9.17, 15) is 19.2 Å². The fourth-order valence-electron chi connectivity index (χ4n) is 2.79. The molecule has 0 aliphatic carbocycles. The maximum absolute atomic E-state index is 12.6. The van der Waals surface area contributed by atoms with E-state index in [1.165, 1.54) is 16.7 Å². The minimum Gasteiger partial charge on any atom is -0.457 e. The fourth-order valence-corrected chi connectivity index (χ4v) is 3.64. The van der Waals surface area contributed by atoms with Crippen molar-refractivity contribution in [3.63, 3.8) is 0 Å². The predicted molar refractivity (Wildman–Crippen MR) is 111 cm³/mol. The summed E-state index contributed by atoms with van der Waals surface area (Å²) < 4.78 is 4.99. The van der Waals surface area contributed by atoms with Gasteiger partial charge in [0.1, 0.15) is 12.6 Å². The summed E-state index contributed by atoms with van der Waals surface area (Å²) >= 11 is 1.41. The lowest BCUT2D eigenvalue weighted by molar-refractivity contribution is -0.157. The zero-order valence-corrected chi connectivity index (χ0v) is 17.6. The number of thioether (sulfide) groups is 1. The summed E-state index contributed by atoms with van der Waals surface area (Å²) in [7, 11) is 0. The van der Waals surface area contributed by atoms with Gasteiger partial charge in [-0.2, -0.15) is 0 Å². The summed E-state index contributed by atoms with van der Waals surface area (Å²) in [4.78, 5) is 50.9. The molecule has 0 fully saturated rings. The van der Waals surface area contributed by atoms with Crippen LogP contribution in [0.25, 0.3) is 0 Å². The lowest BCUT2D eigenvalue weighted by Crippen LogP contribution is -2.50. The predicted octanol–water partition coefficient (Wildman–Crippen LogP) is 2.06. The van der Waals surface area contributed by atoms with Gasteiger partial charge >= 0.3 is 5.97 Å². The molecule has 8 heteroatoms. The number of carbonyl (C=O) groups is 4. The Labute approximate surface area is 174 Å². The third kappa shape index (κ3) is 6.74. The van der Waals surface area contributed by atoms with Gasteiger partial charge in [-0.3, -0.25) is 14.4 Å². The molecule has 0 saturated carbocycles. The van der Waals surface area contributed by atoms with Gasteiger partial charge in [0.05, 0.1) is 11.4 Å². The molecule has 1 aromatic rings. The van der Waals surface area contributed by atoms with Gasteiger partial charge in [-0.25, -0.2) is 4.79 Å². The van der Waals surface area contributed by atoms with Gasteiger partial charge in [0, 0.05) is 12.6 Å². The zero-order chi connectivity index (χ0) is 21.4. The Bertz CT molecular complexity index is 779. The number of amides is 2. The Morgan fingerprint density at radius 2 is 1.90 bits per heavy atom. The SMILES string of the molecule is CCC1SC=CN(CC(=O)N[C@@H](Cc2ccccc2)C(=O)C(=O)OC(C)C)C1=O. The highest BCUT2D eigenvalue weighted by molar-refractivity contribution is 8.03. The summed E-state index contributed by atoms with van der Waals surface area (Å²) in [6, 6.07) is 8.00. The number of Topliss-reactive ketones (excluding diaryl/α,β-unsaturated/α-hetero) is 1. The van der Waals surface area contributed by atoms with Crippen molar-refractivity contribution in [2.45, 2.75) is 51.0 Å². The first-order chi connectivity index (χ1) is 13.8. The van der Waals surface area contributed by atoms with Crippen LogP contribution in [0.3, 0.4) is 0 Å². The van der Waals surface area contributed by atoms with E-state index in [1.54, 1.807) is 37.6 Å². The minimum absolute atomic E-state index is 0.149. The third-order valence-corrected chi connectivity index (χ3v) is 5.35. The average Bonchev–Trinajstić information content (AvgIpc) is 2.68. The van der Waals surface area contributed by atoms with Crippen LogP contribution in [-0.2, 0) is 30.3 Å². The van der Waals surface area contributed by atoms with E-state index in [2.05, 4.69) is 5.32 Å². The summed E-state index contributed by atoms with van der Waals surface area (Å²) in [5, 5.41) is 4.14. The number of nitrogens with zero attached hydrogens (tertiary/aromatic N) is 1. The molecule has 0 spiro atoms. The monoisotopic (exact) mass is 418 g/mol. The van der Waals surface area contributed by atoms with Crippen LogP contribution in [0.15, 0.2) is 41.9 Å². The average molecular weight is 419 g/mol. The van der Waals surface area contributed by atoms with Gasteiger partial charge < -0.3 is 15.0 Å². The quantitative estimate of drug-likeness (QED) is 0.487. The van der Waals surface area contributed by atoms with E-state index >= 15 is 0 Å². The Kier molecular flexibility index (Phi) is 8.45. The lowest BCUT2D eigenvalue weighted by Gasteiger charge is -2.26. The van der Waals surface area contributed by atoms with Gasteiger partial charge in [0.2, 0.25) is 11.8 Å². The lowest BCUT2D eigenvalue weighted by atomic mass is 10.0. The largest absolute Gasteiger partial charge is 0.457 e. The van der Waals surface area contributed by atoms with Crippen LogP contribution in [0.4, 0.5) is 0 Å². The van der Waals surface area contributed by atoms with Crippen LogP contribution < -0.4 is 5.32 Å². The molecule has 1 heterocycles. The van der Waals surface area contributed by atoms with Crippen molar-refractivity contribution in [1.82, 2.24) is 10.2 Å². The van der Waals surface area contributed by atoms with E-state index in [0.717, 1.165) is 5.56 Å². The molecule has 156 valence electrons. The Morgan fingerprint density at radius 3 is 2.52 bits per heavy atom. The standard InChI is InChI=1S/C21H26N2O5S/c1-4-17-20(26)23(10-11-29-17)13-18(24)22-16(12-15-8-6-5-7-9-15)19(25)21(27)28-14(2)3/h5-11,14,16-17H,4,12-13H2,1-3H3,(H,22,24)/t16-,17?/m0/s1. The van der Waals surface area contributed by atoms with Crippen molar-refractivity contribution >= 4 is 35.3 Å². The number of rotatable bonds is 9. The molecule has 1 aliphatic rings. The van der Waals surface area contributed by atoms with Crippen molar-refractivity contribution in [3.8, 4) is 0 Å². The van der Waals surface area contributed by atoms with Crippen molar-refractivity contribution in [2.24, 2.45) is 0 Å². The van der Waals surface area contributed by atoms with Crippen LogP contribution in [0.2, 0.25) is 0 Å². The third-order valence-electron chi connectivity index (χ3n) is 4.21. The number of hydrogen-bond acceptors (Lipinski definition) is 6. The number of esters is 1. The molecule has 2 atom stereocenters. The fraction of sp³-hybridized carbons (Fsp3) is 0.429. The first kappa shape index (κ1) is 22.7. The summed E-state index contributed by atoms with van der Waals surface area (Å²) in [5.41, 5.74) is 0.792. The second-order valence-corrected chi connectivity index (χ2v) is 8.03. The van der Waals surface area contributed by atoms with Crippen molar-refractivity contribution < 1.29 is 23.9 Å². The smallest absolute Gasteiger partial charge is 0.377 e. The molecule has 2 rings (SSSR count). The maximum atomic E-state index is 12.6. The van der Waals surface area contributed by atoms with E-state index in [4.69, 9.17) is 4.74 Å². The Balaban J connectivity index is 2.09. The molecular weight excluding hydrogens is 392 g/mol. The molecule has 29 heavy (non-hydrogen) atoms. The van der Waals surface area contributed by atoms with E-state index in [-0.39, 0.29) is 24.1 Å². The molecule has 0 radical (unpaired) electrons. The number of ketones is 1. The maximum Gasteiger partial charge on any atom is 0.377 e. The zero-order valence-electron chi connectivity index (χ0n) is 16.8. The number of nitrogens with one attached hydrogen (secondary N) is 1. The van der Waals surface area contributed by atoms with Crippen LogP contribution in [0, 0.1) is 0 Å². The van der Waals surface area contributed by atoms with Crippen molar-refractivity contribution in [3.05, 3.63) is 47.5 Å². The molecule has 0 aromatic heterocycles. The molecule has 1 N–H and O–H groups in total. The molecule has 0 bridgehead atoms. The second kappa shape index (κ2) is 10.8. The van der Waals surface area contributed by atoms with Gasteiger partial charge in [0.25, 0.3) is 5.78 Å². The van der Waals surface area contributed by atoms with Gasteiger partial charge in [-0.15, -0.1) is 11.8 Å². The molecule has 0 saturated heterocycles. The second-order valence-electron chi connectivity index (χ2n) is 6.91. The summed E-state index contributed by atoms with van der Waals surface area (Å²) in [5.74, 6) is -2.48. The van der Waals surface area contributed by atoms with Crippen molar-refractivity contribution in [1.29, 1.82) is 0 Å². The highest BCUT2D eigenvalue weighted by atomic mass is 32.2. The molecule has 1 unspecified atom stereocenters. The van der Waals surface area contributed by atoms with Gasteiger partial charge in [-0.05, 0) is 31.2 Å². The van der Waals surface area contributed by atoms with E-state index in [1.807, 2.05) is 25.1 Å².